The average molecular weight is 427 g/mol. The molecule has 0 aliphatic carbocycles. The van der Waals surface area contributed by atoms with E-state index >= 15 is 0 Å². The Hall–Kier alpha value is -2.23. The number of carbonyl (C=O) groups is 2. The molecule has 2 atom stereocenters. The lowest BCUT2D eigenvalue weighted by atomic mass is 10.0. The van der Waals surface area contributed by atoms with E-state index in [1.54, 1.807) is 27.1 Å². The van der Waals surface area contributed by atoms with Crippen LogP contribution in [0.1, 0.15) is 29.3 Å². The van der Waals surface area contributed by atoms with Gasteiger partial charge in [-0.15, -0.1) is 0 Å². The lowest BCUT2D eigenvalue weighted by molar-refractivity contribution is -0.0730. The Bertz CT molecular complexity index is 790. The van der Waals surface area contributed by atoms with Crippen LogP contribution in [0.2, 0.25) is 5.02 Å². The largest absolute Gasteiger partial charge is 0.492 e. The zero-order chi connectivity index (χ0) is 21.1. The molecule has 0 bridgehead atoms. The number of fused-ring (bicyclic) bond motifs is 1. The molecule has 2 unspecified atom stereocenters. The highest BCUT2D eigenvalue weighted by atomic mass is 35.5. The Morgan fingerprint density at radius 1 is 1.48 bits per heavy atom. The van der Waals surface area contributed by atoms with Crippen LogP contribution in [-0.2, 0) is 15.9 Å². The summed E-state index contributed by atoms with van der Waals surface area (Å²) in [6.07, 6.45) is 0.498. The van der Waals surface area contributed by atoms with E-state index in [9.17, 15) is 9.59 Å². The minimum atomic E-state index is -0.422. The number of nitrogen functional groups attached to an aromatic ring is 1. The van der Waals surface area contributed by atoms with Crippen molar-refractivity contribution in [3.8, 4) is 5.75 Å². The Kier molecular flexibility index (Phi) is 6.71. The normalized spacial score (nSPS) is 21.2. The number of hydrogen-bond donors (Lipinski definition) is 2. The topological polar surface area (TPSA) is 106 Å². The minimum Gasteiger partial charge on any atom is -0.492 e. The number of nitrogens with two attached hydrogens (primary N) is 1. The zero-order valence-electron chi connectivity index (χ0n) is 16.9. The molecule has 2 aliphatic rings. The fourth-order valence-corrected chi connectivity index (χ4v) is 3.91. The molecule has 1 aromatic rings. The lowest BCUT2D eigenvalue weighted by Gasteiger charge is -2.41. The number of halogens is 1. The smallest absolute Gasteiger partial charge is 0.424 e. The van der Waals surface area contributed by atoms with Crippen LogP contribution in [0.25, 0.3) is 0 Å². The second-order valence-electron chi connectivity index (χ2n) is 7.00. The van der Waals surface area contributed by atoms with Crippen LogP contribution < -0.4 is 15.8 Å². The van der Waals surface area contributed by atoms with E-state index in [4.69, 9.17) is 31.5 Å². The molecule has 0 spiro atoms. The fraction of sp³-hybridized carbons (Fsp3) is 0.579. The molecule has 3 N–H and O–H groups in total. The maximum absolute atomic E-state index is 13.0. The number of anilines is 1. The number of rotatable bonds is 5. The summed E-state index contributed by atoms with van der Waals surface area (Å²) >= 11 is 6.21. The van der Waals surface area contributed by atoms with Crippen LogP contribution in [0.5, 0.6) is 5.75 Å². The first-order valence-electron chi connectivity index (χ1n) is 9.60. The van der Waals surface area contributed by atoms with Gasteiger partial charge >= 0.3 is 6.09 Å². The van der Waals surface area contributed by atoms with E-state index < -0.39 is 6.09 Å². The Labute approximate surface area is 175 Å². The summed E-state index contributed by atoms with van der Waals surface area (Å²) in [6, 6.07) is 1.31. The molecule has 1 fully saturated rings. The predicted octanol–water partition coefficient (Wildman–Crippen LogP) is 1.68. The molecule has 2 amide bonds. The zero-order valence-corrected chi connectivity index (χ0v) is 17.6. The minimum absolute atomic E-state index is 0.229. The number of nitrogens with one attached hydrogen (secondary N) is 1. The number of amides is 2. The SMILES string of the molecule is CCOC(=O)N(C)N1CCC(NC(=O)c2cc(Cl)c(N)c3c2OCC3)C(OC)C1. The summed E-state index contributed by atoms with van der Waals surface area (Å²) in [4.78, 5) is 24.9. The molecule has 9 nitrogen and oxygen atoms in total. The maximum Gasteiger partial charge on any atom is 0.424 e. The summed E-state index contributed by atoms with van der Waals surface area (Å²) in [5.41, 5.74) is 7.62. The van der Waals surface area contributed by atoms with Gasteiger partial charge in [0.25, 0.3) is 5.91 Å². The molecule has 160 valence electrons. The average Bonchev–Trinajstić information content (AvgIpc) is 3.20. The molecular formula is C19H27ClN4O5. The number of hydrogen-bond acceptors (Lipinski definition) is 7. The molecule has 29 heavy (non-hydrogen) atoms. The third kappa shape index (κ3) is 4.36. The summed E-state index contributed by atoms with van der Waals surface area (Å²) in [7, 11) is 3.24. The molecule has 0 aromatic heterocycles. The quantitative estimate of drug-likeness (QED) is 0.690. The van der Waals surface area contributed by atoms with Crippen molar-refractivity contribution in [2.45, 2.75) is 31.9 Å². The van der Waals surface area contributed by atoms with Crippen LogP contribution >= 0.6 is 11.6 Å². The number of piperidine rings is 1. The molecular weight excluding hydrogens is 400 g/mol. The van der Waals surface area contributed by atoms with Gasteiger partial charge in [-0.25, -0.2) is 14.8 Å². The van der Waals surface area contributed by atoms with Crippen molar-refractivity contribution in [2.24, 2.45) is 0 Å². The van der Waals surface area contributed by atoms with Gasteiger partial charge in [0, 0.05) is 39.2 Å². The summed E-state index contributed by atoms with van der Waals surface area (Å²) < 4.78 is 16.2. The third-order valence-electron chi connectivity index (χ3n) is 5.33. The highest BCUT2D eigenvalue weighted by molar-refractivity contribution is 6.33. The van der Waals surface area contributed by atoms with Crippen LogP contribution in [0, 0.1) is 0 Å². The van der Waals surface area contributed by atoms with Crippen molar-refractivity contribution < 1.29 is 23.8 Å². The van der Waals surface area contributed by atoms with Gasteiger partial charge in [-0.1, -0.05) is 11.6 Å². The van der Waals surface area contributed by atoms with E-state index in [1.165, 1.54) is 5.01 Å². The van der Waals surface area contributed by atoms with E-state index in [1.807, 2.05) is 5.01 Å². The van der Waals surface area contributed by atoms with Crippen molar-refractivity contribution in [1.82, 2.24) is 15.3 Å². The fourth-order valence-electron chi connectivity index (χ4n) is 3.69. The summed E-state index contributed by atoms with van der Waals surface area (Å²) in [5, 5.41) is 6.64. The molecule has 0 radical (unpaired) electrons. The second-order valence-corrected chi connectivity index (χ2v) is 7.41. The van der Waals surface area contributed by atoms with Crippen LogP contribution in [0.3, 0.4) is 0 Å². The van der Waals surface area contributed by atoms with Crippen LogP contribution in [0.15, 0.2) is 6.07 Å². The van der Waals surface area contributed by atoms with Gasteiger partial charge in [-0.2, -0.15) is 0 Å². The maximum atomic E-state index is 13.0. The first-order valence-corrected chi connectivity index (χ1v) is 9.97. The van der Waals surface area contributed by atoms with Gasteiger partial charge in [0.2, 0.25) is 0 Å². The van der Waals surface area contributed by atoms with E-state index in [2.05, 4.69) is 5.32 Å². The lowest BCUT2D eigenvalue weighted by Crippen LogP contribution is -2.59. The van der Waals surface area contributed by atoms with Crippen molar-refractivity contribution in [2.75, 3.05) is 46.2 Å². The van der Waals surface area contributed by atoms with Crippen molar-refractivity contribution >= 4 is 29.3 Å². The Morgan fingerprint density at radius 2 is 2.24 bits per heavy atom. The van der Waals surface area contributed by atoms with Crippen LogP contribution in [0.4, 0.5) is 10.5 Å². The van der Waals surface area contributed by atoms with E-state index in [-0.39, 0.29) is 18.1 Å². The number of nitrogens with zero attached hydrogens (tertiary/aromatic N) is 2. The summed E-state index contributed by atoms with van der Waals surface area (Å²) in [5.74, 6) is 0.210. The van der Waals surface area contributed by atoms with Gasteiger partial charge in [0.1, 0.15) is 5.75 Å². The Morgan fingerprint density at radius 3 is 2.93 bits per heavy atom. The second kappa shape index (κ2) is 9.06. The summed E-state index contributed by atoms with van der Waals surface area (Å²) in [6.45, 7) is 3.54. The molecule has 1 saturated heterocycles. The van der Waals surface area contributed by atoms with E-state index in [0.717, 1.165) is 5.56 Å². The first kappa shape index (κ1) is 21.5. The van der Waals surface area contributed by atoms with Crippen LogP contribution in [-0.4, -0.2) is 74.6 Å². The number of carbonyl (C=O) groups excluding carboxylic acids is 2. The number of ether oxygens (including phenoxy) is 3. The van der Waals surface area contributed by atoms with Gasteiger partial charge in [0.05, 0.1) is 41.6 Å². The molecule has 0 saturated carbocycles. The highest BCUT2D eigenvalue weighted by Crippen LogP contribution is 2.38. The molecule has 2 aliphatic heterocycles. The third-order valence-corrected chi connectivity index (χ3v) is 5.64. The van der Waals surface area contributed by atoms with Crippen molar-refractivity contribution in [1.29, 1.82) is 0 Å². The highest BCUT2D eigenvalue weighted by Gasteiger charge is 2.35. The van der Waals surface area contributed by atoms with Gasteiger partial charge in [0.15, 0.2) is 0 Å². The van der Waals surface area contributed by atoms with Gasteiger partial charge in [-0.05, 0) is 19.4 Å². The molecule has 2 heterocycles. The molecule has 1 aromatic carbocycles. The van der Waals surface area contributed by atoms with Crippen molar-refractivity contribution in [3.05, 3.63) is 22.2 Å². The monoisotopic (exact) mass is 426 g/mol. The number of hydrazine groups is 1. The molecule has 3 rings (SSSR count). The van der Waals surface area contributed by atoms with Gasteiger partial charge in [-0.3, -0.25) is 4.79 Å². The molecule has 10 heteroatoms. The predicted molar refractivity (Wildman–Crippen MR) is 108 cm³/mol. The number of benzene rings is 1. The van der Waals surface area contributed by atoms with Crippen molar-refractivity contribution in [3.63, 3.8) is 0 Å². The van der Waals surface area contributed by atoms with E-state index in [0.29, 0.717) is 61.2 Å². The first-order chi connectivity index (χ1) is 13.9. The standard InChI is InChI=1S/C19H27ClN4O5/c1-4-28-19(26)23(2)24-7-5-14(15(10-24)27-3)22-18(25)12-9-13(20)16(21)11-6-8-29-17(11)12/h9,14-15H,4-8,10,21H2,1-3H3,(H,22,25). The number of methoxy groups -OCH3 is 1. The Balaban J connectivity index is 1.70. The van der Waals surface area contributed by atoms with Gasteiger partial charge < -0.3 is 25.3 Å².